The number of hydrogen-bond acceptors (Lipinski definition) is 5. The van der Waals surface area contributed by atoms with Crippen molar-refractivity contribution >= 4 is 23.9 Å². The van der Waals surface area contributed by atoms with Gasteiger partial charge in [0, 0.05) is 17.0 Å². The van der Waals surface area contributed by atoms with E-state index < -0.39 is 0 Å². The van der Waals surface area contributed by atoms with Crippen LogP contribution in [0, 0.1) is 0 Å². The molecule has 0 N–H and O–H groups in total. The third-order valence-electron chi connectivity index (χ3n) is 5.03. The highest BCUT2D eigenvalue weighted by Gasteiger charge is 2.41. The van der Waals surface area contributed by atoms with Crippen molar-refractivity contribution in [2.45, 2.75) is 35.4 Å². The molecular formula is C21H21NO3S. The van der Waals surface area contributed by atoms with Crippen LogP contribution in [0.4, 0.5) is 0 Å². The zero-order valence-electron chi connectivity index (χ0n) is 14.8. The third kappa shape index (κ3) is 3.01. The van der Waals surface area contributed by atoms with E-state index in [1.165, 1.54) is 11.1 Å². The average molecular weight is 367 g/mol. The van der Waals surface area contributed by atoms with Crippen molar-refractivity contribution < 1.29 is 14.3 Å². The van der Waals surface area contributed by atoms with Crippen molar-refractivity contribution in [3.63, 3.8) is 0 Å². The molecular weight excluding hydrogens is 346 g/mol. The normalized spacial score (nSPS) is 23.2. The SMILES string of the molecule is CCOC(=O)c1ccc2c(c1)SC1N=CCC(c3ccc(OC)cc3)C21. The lowest BCUT2D eigenvalue weighted by Crippen LogP contribution is -2.22. The number of thioether (sulfide) groups is 1. The Morgan fingerprint density at radius 3 is 2.77 bits per heavy atom. The first-order valence-electron chi connectivity index (χ1n) is 8.84. The Kier molecular flexibility index (Phi) is 4.72. The molecule has 0 radical (unpaired) electrons. The second-order valence-electron chi connectivity index (χ2n) is 6.45. The highest BCUT2D eigenvalue weighted by molar-refractivity contribution is 8.00. The van der Waals surface area contributed by atoms with E-state index in [0.717, 1.165) is 17.1 Å². The van der Waals surface area contributed by atoms with Crippen molar-refractivity contribution in [2.24, 2.45) is 4.99 Å². The number of rotatable bonds is 4. The van der Waals surface area contributed by atoms with Gasteiger partial charge < -0.3 is 9.47 Å². The fraction of sp³-hybridized carbons (Fsp3) is 0.333. The smallest absolute Gasteiger partial charge is 0.338 e. The molecule has 134 valence electrons. The maximum absolute atomic E-state index is 12.0. The van der Waals surface area contributed by atoms with E-state index in [9.17, 15) is 4.79 Å². The zero-order chi connectivity index (χ0) is 18.1. The van der Waals surface area contributed by atoms with E-state index in [0.29, 0.717) is 24.0 Å². The van der Waals surface area contributed by atoms with Crippen molar-refractivity contribution in [2.75, 3.05) is 13.7 Å². The van der Waals surface area contributed by atoms with Crippen molar-refractivity contribution in [3.05, 3.63) is 59.2 Å². The maximum atomic E-state index is 12.0. The number of carbonyl (C=O) groups is 1. The molecule has 5 heteroatoms. The summed E-state index contributed by atoms with van der Waals surface area (Å²) < 4.78 is 10.4. The monoisotopic (exact) mass is 367 g/mol. The van der Waals surface area contributed by atoms with Gasteiger partial charge in [-0.2, -0.15) is 0 Å². The van der Waals surface area contributed by atoms with Gasteiger partial charge in [-0.1, -0.05) is 30.0 Å². The van der Waals surface area contributed by atoms with Crippen LogP contribution in [0.5, 0.6) is 5.75 Å². The van der Waals surface area contributed by atoms with Crippen LogP contribution >= 0.6 is 11.8 Å². The van der Waals surface area contributed by atoms with Crippen LogP contribution in [0.1, 0.15) is 46.7 Å². The molecule has 2 aromatic carbocycles. The van der Waals surface area contributed by atoms with Gasteiger partial charge in [0.25, 0.3) is 0 Å². The minimum atomic E-state index is -0.263. The Bertz CT molecular complexity index is 847. The lowest BCUT2D eigenvalue weighted by atomic mass is 9.78. The molecule has 2 heterocycles. The topological polar surface area (TPSA) is 47.9 Å². The number of nitrogens with zero attached hydrogens (tertiary/aromatic N) is 1. The van der Waals surface area contributed by atoms with E-state index >= 15 is 0 Å². The summed E-state index contributed by atoms with van der Waals surface area (Å²) in [6, 6.07) is 14.2. The summed E-state index contributed by atoms with van der Waals surface area (Å²) in [5, 5.41) is 0.170. The van der Waals surface area contributed by atoms with Gasteiger partial charge in [-0.25, -0.2) is 4.79 Å². The molecule has 0 spiro atoms. The van der Waals surface area contributed by atoms with Crippen molar-refractivity contribution in [3.8, 4) is 5.75 Å². The summed E-state index contributed by atoms with van der Waals surface area (Å²) in [7, 11) is 1.68. The second kappa shape index (κ2) is 7.16. The molecule has 3 unspecified atom stereocenters. The number of benzene rings is 2. The Morgan fingerprint density at radius 1 is 1.23 bits per heavy atom. The van der Waals surface area contributed by atoms with Crippen molar-refractivity contribution in [1.82, 2.24) is 0 Å². The molecule has 26 heavy (non-hydrogen) atoms. The van der Waals surface area contributed by atoms with Gasteiger partial charge in [0.05, 0.1) is 19.3 Å². The van der Waals surface area contributed by atoms with Crippen LogP contribution < -0.4 is 4.74 Å². The van der Waals surface area contributed by atoms with Gasteiger partial charge in [0.1, 0.15) is 11.1 Å². The summed E-state index contributed by atoms with van der Waals surface area (Å²) in [6.07, 6.45) is 2.97. The minimum Gasteiger partial charge on any atom is -0.497 e. The van der Waals surface area contributed by atoms with E-state index in [1.54, 1.807) is 18.9 Å². The first kappa shape index (κ1) is 17.2. The second-order valence-corrected chi connectivity index (χ2v) is 7.61. The van der Waals surface area contributed by atoms with Gasteiger partial charge in [-0.05, 0) is 54.7 Å². The van der Waals surface area contributed by atoms with Crippen LogP contribution in [0.25, 0.3) is 0 Å². The lowest BCUT2D eigenvalue weighted by molar-refractivity contribution is 0.0526. The molecule has 2 aliphatic heterocycles. The summed E-state index contributed by atoms with van der Waals surface area (Å²) >= 11 is 1.75. The van der Waals surface area contributed by atoms with E-state index in [2.05, 4.69) is 18.2 Å². The molecule has 2 aliphatic rings. The molecule has 0 amide bonds. The van der Waals surface area contributed by atoms with E-state index in [4.69, 9.17) is 14.5 Å². The molecule has 0 fully saturated rings. The van der Waals surface area contributed by atoms with Gasteiger partial charge in [-0.15, -0.1) is 0 Å². The zero-order valence-corrected chi connectivity index (χ0v) is 15.7. The van der Waals surface area contributed by atoms with Crippen LogP contribution in [0.15, 0.2) is 52.4 Å². The number of ether oxygens (including phenoxy) is 2. The summed E-state index contributed by atoms with van der Waals surface area (Å²) in [4.78, 5) is 17.9. The predicted molar refractivity (Wildman–Crippen MR) is 104 cm³/mol. The molecule has 0 saturated heterocycles. The third-order valence-corrected chi connectivity index (χ3v) is 6.29. The van der Waals surface area contributed by atoms with Gasteiger partial charge in [0.15, 0.2) is 0 Å². The summed E-state index contributed by atoms with van der Waals surface area (Å²) in [6.45, 7) is 2.21. The molecule has 2 aromatic rings. The van der Waals surface area contributed by atoms with Crippen LogP contribution in [-0.4, -0.2) is 31.3 Å². The first-order chi connectivity index (χ1) is 12.7. The molecule has 4 rings (SSSR count). The highest BCUT2D eigenvalue weighted by Crippen LogP contribution is 2.54. The van der Waals surface area contributed by atoms with Gasteiger partial charge in [-0.3, -0.25) is 4.99 Å². The fourth-order valence-corrected chi connectivity index (χ4v) is 5.19. The number of hydrogen-bond donors (Lipinski definition) is 0. The summed E-state index contributed by atoms with van der Waals surface area (Å²) in [5.74, 6) is 1.31. The van der Waals surface area contributed by atoms with E-state index in [-0.39, 0.29) is 11.3 Å². The summed E-state index contributed by atoms with van der Waals surface area (Å²) in [5.41, 5.74) is 3.20. The minimum absolute atomic E-state index is 0.170. The average Bonchev–Trinajstić information content (AvgIpc) is 3.06. The molecule has 0 bridgehead atoms. The Hall–Kier alpha value is -2.27. The predicted octanol–water partition coefficient (Wildman–Crippen LogP) is 4.65. The highest BCUT2D eigenvalue weighted by atomic mass is 32.2. The Morgan fingerprint density at radius 2 is 2.04 bits per heavy atom. The standard InChI is InChI=1S/C21H21NO3S/c1-3-25-21(23)14-6-9-17-18(12-14)26-20-19(17)16(10-11-22-20)13-4-7-15(24-2)8-5-13/h4-9,11-12,16,19-20H,3,10H2,1-2H3. The quantitative estimate of drug-likeness (QED) is 0.738. The molecule has 0 saturated carbocycles. The van der Waals surface area contributed by atoms with Crippen LogP contribution in [-0.2, 0) is 4.74 Å². The number of aliphatic imine (C=N–C) groups is 1. The Labute approximate surface area is 157 Å². The van der Waals surface area contributed by atoms with Crippen molar-refractivity contribution in [1.29, 1.82) is 0 Å². The molecule has 0 aromatic heterocycles. The molecule has 3 atom stereocenters. The van der Waals surface area contributed by atoms with Gasteiger partial charge >= 0.3 is 5.97 Å². The van der Waals surface area contributed by atoms with Crippen LogP contribution in [0.2, 0.25) is 0 Å². The number of carbonyl (C=O) groups excluding carboxylic acids is 1. The van der Waals surface area contributed by atoms with Crippen LogP contribution in [0.3, 0.4) is 0 Å². The fourth-order valence-electron chi connectivity index (χ4n) is 3.77. The molecule has 0 aliphatic carbocycles. The lowest BCUT2D eigenvalue weighted by Gasteiger charge is -2.30. The largest absolute Gasteiger partial charge is 0.497 e. The molecule has 4 nitrogen and oxygen atoms in total. The van der Waals surface area contributed by atoms with Gasteiger partial charge in [0.2, 0.25) is 0 Å². The number of fused-ring (bicyclic) bond motifs is 3. The number of methoxy groups -OCH3 is 1. The Balaban J connectivity index is 1.67. The number of esters is 1. The maximum Gasteiger partial charge on any atom is 0.338 e. The van der Waals surface area contributed by atoms with E-state index in [1.807, 2.05) is 37.4 Å². The first-order valence-corrected chi connectivity index (χ1v) is 9.72.